The average Bonchev–Trinajstić information content (AvgIpc) is 3.17. The summed E-state index contributed by atoms with van der Waals surface area (Å²) >= 11 is 0. The fourth-order valence-corrected chi connectivity index (χ4v) is 3.22. The maximum atomic E-state index is 13.2. The van der Waals surface area contributed by atoms with E-state index in [1.165, 1.54) is 7.05 Å². The zero-order valence-corrected chi connectivity index (χ0v) is 16.3. The molecule has 31 heavy (non-hydrogen) atoms. The van der Waals surface area contributed by atoms with Crippen molar-refractivity contribution >= 4 is 29.2 Å². The molecule has 0 radical (unpaired) electrons. The van der Waals surface area contributed by atoms with Crippen LogP contribution in [0, 0.1) is 0 Å². The van der Waals surface area contributed by atoms with E-state index in [4.69, 9.17) is 14.6 Å². The van der Waals surface area contributed by atoms with Crippen LogP contribution >= 0.6 is 0 Å². The third-order valence-corrected chi connectivity index (χ3v) is 4.47. The standard InChI is InChI=1S/C17H17F3N6O2.CH2O2/c1-25-16-13(14(24-25)17(18,19)20)15(22-23-16)21-12(27)9-26-6-7-28-11-5-3-2-4-10(11)8-26;2-1-3/h2-5H,6-9H2,1H3,(H2,21,22,23,27);1H,(H,2,3). The number of amides is 1. The summed E-state index contributed by atoms with van der Waals surface area (Å²) < 4.78 is 46.4. The quantitative estimate of drug-likeness (QED) is 0.531. The number of aromatic amines is 1. The Labute approximate surface area is 173 Å². The Morgan fingerprint density at radius 1 is 1.39 bits per heavy atom. The molecule has 1 aromatic carbocycles. The predicted octanol–water partition coefficient (Wildman–Crippen LogP) is 1.85. The van der Waals surface area contributed by atoms with Gasteiger partial charge in [0.1, 0.15) is 18.2 Å². The molecule has 4 rings (SSSR count). The van der Waals surface area contributed by atoms with Gasteiger partial charge in [-0.2, -0.15) is 23.4 Å². The van der Waals surface area contributed by atoms with E-state index in [0.717, 1.165) is 16.0 Å². The topological polar surface area (TPSA) is 125 Å². The van der Waals surface area contributed by atoms with Crippen molar-refractivity contribution in [3.05, 3.63) is 35.5 Å². The number of hydrogen-bond donors (Lipinski definition) is 3. The molecule has 1 aliphatic rings. The summed E-state index contributed by atoms with van der Waals surface area (Å²) in [5, 5.41) is 18.9. The lowest BCUT2D eigenvalue weighted by molar-refractivity contribution is -0.140. The van der Waals surface area contributed by atoms with Crippen LogP contribution in [0.25, 0.3) is 11.0 Å². The number of H-pyrrole nitrogens is 1. The molecule has 2 aromatic heterocycles. The number of rotatable bonds is 3. The lowest BCUT2D eigenvalue weighted by Crippen LogP contribution is -2.34. The third kappa shape index (κ3) is 4.94. The molecule has 0 bridgehead atoms. The van der Waals surface area contributed by atoms with Gasteiger partial charge >= 0.3 is 6.18 Å². The molecule has 0 spiro atoms. The van der Waals surface area contributed by atoms with Crippen molar-refractivity contribution in [2.45, 2.75) is 12.7 Å². The lowest BCUT2D eigenvalue weighted by Gasteiger charge is -2.18. The number of aromatic nitrogens is 4. The highest BCUT2D eigenvalue weighted by molar-refractivity contribution is 6.00. The zero-order chi connectivity index (χ0) is 22.6. The molecule has 0 unspecified atom stereocenters. The number of nitrogens with zero attached hydrogens (tertiary/aromatic N) is 4. The van der Waals surface area contributed by atoms with E-state index in [9.17, 15) is 18.0 Å². The van der Waals surface area contributed by atoms with Crippen LogP contribution in [0.3, 0.4) is 0 Å². The Morgan fingerprint density at radius 3 is 2.81 bits per heavy atom. The molecule has 1 amide bonds. The number of anilines is 1. The molecule has 10 nitrogen and oxygen atoms in total. The lowest BCUT2D eigenvalue weighted by atomic mass is 10.2. The fourth-order valence-electron chi connectivity index (χ4n) is 3.22. The summed E-state index contributed by atoms with van der Waals surface area (Å²) in [5.74, 6) is 0.194. The zero-order valence-electron chi connectivity index (χ0n) is 16.3. The Morgan fingerprint density at radius 2 is 2.10 bits per heavy atom. The van der Waals surface area contributed by atoms with Gasteiger partial charge in [-0.25, -0.2) is 4.68 Å². The van der Waals surface area contributed by atoms with Gasteiger partial charge < -0.3 is 15.2 Å². The van der Waals surface area contributed by atoms with Gasteiger partial charge in [-0.15, -0.1) is 0 Å². The molecule has 166 valence electrons. The Balaban J connectivity index is 0.000000858. The van der Waals surface area contributed by atoms with Crippen LogP contribution in [-0.4, -0.2) is 62.1 Å². The van der Waals surface area contributed by atoms with Gasteiger partial charge in [-0.3, -0.25) is 19.6 Å². The summed E-state index contributed by atoms with van der Waals surface area (Å²) in [4.78, 5) is 22.7. The minimum absolute atomic E-state index is 0.000178. The second-order valence-corrected chi connectivity index (χ2v) is 6.59. The van der Waals surface area contributed by atoms with Crippen molar-refractivity contribution in [2.75, 3.05) is 25.0 Å². The van der Waals surface area contributed by atoms with Crippen molar-refractivity contribution in [3.8, 4) is 5.75 Å². The number of benzene rings is 1. The molecule has 0 aliphatic carbocycles. The molecule has 3 heterocycles. The molecular formula is C18H19F3N6O4. The number of nitrogens with one attached hydrogen (secondary N) is 2. The van der Waals surface area contributed by atoms with Crippen LogP contribution in [0.4, 0.5) is 19.0 Å². The largest absolute Gasteiger partial charge is 0.492 e. The molecule has 0 saturated carbocycles. The second-order valence-electron chi connectivity index (χ2n) is 6.59. The predicted molar refractivity (Wildman–Crippen MR) is 102 cm³/mol. The van der Waals surface area contributed by atoms with Gasteiger partial charge in [0.05, 0.1) is 11.9 Å². The summed E-state index contributed by atoms with van der Waals surface area (Å²) in [6.07, 6.45) is -4.66. The summed E-state index contributed by atoms with van der Waals surface area (Å²) in [7, 11) is 1.36. The van der Waals surface area contributed by atoms with E-state index in [1.807, 2.05) is 29.2 Å². The van der Waals surface area contributed by atoms with Gasteiger partial charge in [0.25, 0.3) is 6.47 Å². The van der Waals surface area contributed by atoms with Gasteiger partial charge in [-0.1, -0.05) is 18.2 Å². The minimum atomic E-state index is -4.66. The molecule has 0 saturated heterocycles. The number of para-hydroxylation sites is 1. The Hall–Kier alpha value is -3.61. The first kappa shape index (κ1) is 22.1. The van der Waals surface area contributed by atoms with Gasteiger partial charge in [0.15, 0.2) is 11.3 Å². The van der Waals surface area contributed by atoms with Crippen molar-refractivity contribution in [1.29, 1.82) is 0 Å². The summed E-state index contributed by atoms with van der Waals surface area (Å²) in [6, 6.07) is 7.53. The van der Waals surface area contributed by atoms with Crippen LogP contribution in [0.2, 0.25) is 0 Å². The molecule has 0 fully saturated rings. The summed E-state index contributed by atoms with van der Waals surface area (Å²) in [5.41, 5.74) is -0.130. The van der Waals surface area contributed by atoms with E-state index in [0.29, 0.717) is 19.7 Å². The number of carbonyl (C=O) groups excluding carboxylic acids is 1. The molecule has 3 aromatic rings. The van der Waals surface area contributed by atoms with Crippen LogP contribution in [0.1, 0.15) is 11.3 Å². The SMILES string of the molecule is Cn1nc(C(F)(F)F)c2c(NC(=O)CN3CCOc4ccccc4C3)[nH]nc21.O=CO. The first-order valence-corrected chi connectivity index (χ1v) is 9.03. The van der Waals surface area contributed by atoms with Gasteiger partial charge in [0.2, 0.25) is 5.91 Å². The average molecular weight is 440 g/mol. The van der Waals surface area contributed by atoms with E-state index in [2.05, 4.69) is 20.6 Å². The van der Waals surface area contributed by atoms with Crippen LogP contribution < -0.4 is 10.1 Å². The molecule has 3 N–H and O–H groups in total. The van der Waals surface area contributed by atoms with Gasteiger partial charge in [0, 0.05) is 25.7 Å². The molecule has 13 heteroatoms. The summed E-state index contributed by atoms with van der Waals surface area (Å²) in [6.45, 7) is 1.18. The smallest absolute Gasteiger partial charge is 0.435 e. The van der Waals surface area contributed by atoms with E-state index in [1.54, 1.807) is 0 Å². The van der Waals surface area contributed by atoms with Crippen molar-refractivity contribution in [1.82, 2.24) is 24.9 Å². The number of halogens is 3. The number of fused-ring (bicyclic) bond motifs is 2. The monoisotopic (exact) mass is 440 g/mol. The van der Waals surface area contributed by atoms with Crippen molar-refractivity contribution in [2.24, 2.45) is 7.05 Å². The third-order valence-electron chi connectivity index (χ3n) is 4.47. The van der Waals surface area contributed by atoms with Gasteiger partial charge in [-0.05, 0) is 6.07 Å². The first-order valence-electron chi connectivity index (χ1n) is 9.03. The number of carbonyl (C=O) groups is 2. The van der Waals surface area contributed by atoms with E-state index >= 15 is 0 Å². The number of carboxylic acid groups (broad SMARTS) is 1. The van der Waals surface area contributed by atoms with Crippen LogP contribution in [-0.2, 0) is 29.4 Å². The maximum Gasteiger partial charge on any atom is 0.435 e. The van der Waals surface area contributed by atoms with Crippen molar-refractivity contribution < 1.29 is 32.6 Å². The number of alkyl halides is 3. The highest BCUT2D eigenvalue weighted by Gasteiger charge is 2.39. The number of ether oxygens (including phenoxy) is 1. The molecule has 1 aliphatic heterocycles. The highest BCUT2D eigenvalue weighted by Crippen LogP contribution is 2.36. The van der Waals surface area contributed by atoms with Crippen LogP contribution in [0.15, 0.2) is 24.3 Å². The minimum Gasteiger partial charge on any atom is -0.492 e. The Kier molecular flexibility index (Phi) is 6.44. The second kappa shape index (κ2) is 9.04. The molecular weight excluding hydrogens is 421 g/mol. The molecule has 0 atom stereocenters. The maximum absolute atomic E-state index is 13.2. The highest BCUT2D eigenvalue weighted by atomic mass is 19.4. The normalized spacial score (nSPS) is 14.1. The number of hydrogen-bond acceptors (Lipinski definition) is 6. The van der Waals surface area contributed by atoms with Crippen LogP contribution in [0.5, 0.6) is 5.75 Å². The van der Waals surface area contributed by atoms with E-state index < -0.39 is 17.8 Å². The first-order chi connectivity index (χ1) is 14.7. The fraction of sp³-hybridized carbons (Fsp3) is 0.333. The number of aryl methyl sites for hydroxylation is 1. The van der Waals surface area contributed by atoms with Crippen molar-refractivity contribution in [3.63, 3.8) is 0 Å². The van der Waals surface area contributed by atoms with E-state index in [-0.39, 0.29) is 29.9 Å². The Bertz CT molecular complexity index is 1080.